The van der Waals surface area contributed by atoms with Crippen LogP contribution in [-0.4, -0.2) is 24.5 Å². The first-order chi connectivity index (χ1) is 9.17. The van der Waals surface area contributed by atoms with Gasteiger partial charge in [-0.05, 0) is 26.0 Å². The van der Waals surface area contributed by atoms with Crippen LogP contribution in [0, 0.1) is 19.7 Å². The number of rotatable bonds is 3. The lowest BCUT2D eigenvalue weighted by atomic mass is 10.3. The molecule has 0 spiro atoms. The molecule has 5 nitrogen and oxygen atoms in total. The third-order valence-electron chi connectivity index (χ3n) is 2.48. The SMILES string of the molecule is Cc1cc(C)n(-c2cc(OS(C)(=O)=O)c(Cl)cc2F)n1. The van der Waals surface area contributed by atoms with Crippen LogP contribution in [0.4, 0.5) is 4.39 Å². The molecular weight excluding hydrogens is 307 g/mol. The van der Waals surface area contributed by atoms with Crippen molar-refractivity contribution in [1.82, 2.24) is 9.78 Å². The monoisotopic (exact) mass is 318 g/mol. The Kier molecular flexibility index (Phi) is 3.75. The summed E-state index contributed by atoms with van der Waals surface area (Å²) in [5, 5.41) is 4.01. The Morgan fingerprint density at radius 3 is 2.45 bits per heavy atom. The second-order valence-electron chi connectivity index (χ2n) is 4.36. The molecule has 1 heterocycles. The molecular formula is C12H12ClFN2O3S. The van der Waals surface area contributed by atoms with Crippen LogP contribution in [0.1, 0.15) is 11.4 Å². The summed E-state index contributed by atoms with van der Waals surface area (Å²) in [5.74, 6) is -0.764. The molecule has 20 heavy (non-hydrogen) atoms. The Morgan fingerprint density at radius 2 is 1.95 bits per heavy atom. The second kappa shape index (κ2) is 5.06. The molecule has 1 aromatic heterocycles. The zero-order valence-corrected chi connectivity index (χ0v) is 12.6. The number of hydrogen-bond donors (Lipinski definition) is 0. The van der Waals surface area contributed by atoms with E-state index in [2.05, 4.69) is 5.10 Å². The highest BCUT2D eigenvalue weighted by Gasteiger charge is 2.16. The largest absolute Gasteiger partial charge is 0.381 e. The van der Waals surface area contributed by atoms with Crippen molar-refractivity contribution in [3.63, 3.8) is 0 Å². The zero-order chi connectivity index (χ0) is 15.1. The van der Waals surface area contributed by atoms with Crippen LogP contribution < -0.4 is 4.18 Å². The molecule has 0 saturated carbocycles. The molecule has 2 rings (SSSR count). The van der Waals surface area contributed by atoms with Gasteiger partial charge in [-0.3, -0.25) is 0 Å². The molecule has 2 aromatic rings. The van der Waals surface area contributed by atoms with Gasteiger partial charge in [-0.2, -0.15) is 13.5 Å². The van der Waals surface area contributed by atoms with Crippen molar-refractivity contribution in [3.05, 3.63) is 40.4 Å². The third-order valence-corrected chi connectivity index (χ3v) is 3.26. The van der Waals surface area contributed by atoms with Crippen LogP contribution in [-0.2, 0) is 10.1 Å². The van der Waals surface area contributed by atoms with Crippen molar-refractivity contribution in [2.75, 3.05) is 6.26 Å². The van der Waals surface area contributed by atoms with Gasteiger partial charge in [-0.25, -0.2) is 9.07 Å². The van der Waals surface area contributed by atoms with E-state index < -0.39 is 15.9 Å². The van der Waals surface area contributed by atoms with Gasteiger partial charge in [0, 0.05) is 11.8 Å². The predicted molar refractivity (Wildman–Crippen MR) is 73.5 cm³/mol. The average Bonchev–Trinajstić information content (AvgIpc) is 2.60. The molecule has 1 aromatic carbocycles. The predicted octanol–water partition coefficient (Wildman–Crippen LogP) is 2.62. The second-order valence-corrected chi connectivity index (χ2v) is 6.34. The van der Waals surface area contributed by atoms with Crippen molar-refractivity contribution >= 4 is 21.7 Å². The van der Waals surface area contributed by atoms with Gasteiger partial charge in [-0.15, -0.1) is 0 Å². The van der Waals surface area contributed by atoms with Gasteiger partial charge in [0.2, 0.25) is 0 Å². The highest BCUT2D eigenvalue weighted by atomic mass is 35.5. The molecule has 0 fully saturated rings. The quantitative estimate of drug-likeness (QED) is 0.816. The van der Waals surface area contributed by atoms with Crippen molar-refractivity contribution in [2.24, 2.45) is 0 Å². The highest BCUT2D eigenvalue weighted by Crippen LogP contribution is 2.31. The first kappa shape index (κ1) is 14.8. The minimum Gasteiger partial charge on any atom is -0.381 e. The molecule has 108 valence electrons. The number of nitrogens with zero attached hydrogens (tertiary/aromatic N) is 2. The maximum absolute atomic E-state index is 14.0. The number of hydrogen-bond acceptors (Lipinski definition) is 4. The van der Waals surface area contributed by atoms with Gasteiger partial charge < -0.3 is 4.18 Å². The highest BCUT2D eigenvalue weighted by molar-refractivity contribution is 7.86. The Balaban J connectivity index is 2.60. The molecule has 0 saturated heterocycles. The summed E-state index contributed by atoms with van der Waals surface area (Å²) in [7, 11) is -3.75. The Labute approximate surface area is 121 Å². The lowest BCUT2D eigenvalue weighted by molar-refractivity contribution is 0.491. The summed E-state index contributed by atoms with van der Waals surface area (Å²) in [6.07, 6.45) is 0.885. The summed E-state index contributed by atoms with van der Waals surface area (Å²) in [6, 6.07) is 3.97. The van der Waals surface area contributed by atoms with Gasteiger partial charge in [0.05, 0.1) is 17.0 Å². The van der Waals surface area contributed by atoms with Crippen LogP contribution in [0.2, 0.25) is 5.02 Å². The normalized spacial score (nSPS) is 11.7. The summed E-state index contributed by atoms with van der Waals surface area (Å²) in [5.41, 5.74) is 1.48. The van der Waals surface area contributed by atoms with Crippen molar-refractivity contribution in [3.8, 4) is 11.4 Å². The molecule has 0 unspecified atom stereocenters. The number of aromatic nitrogens is 2. The minimum atomic E-state index is -3.75. The molecule has 0 aliphatic rings. The average molecular weight is 319 g/mol. The lowest BCUT2D eigenvalue weighted by Crippen LogP contribution is -2.08. The van der Waals surface area contributed by atoms with Crippen molar-refractivity contribution in [2.45, 2.75) is 13.8 Å². The van der Waals surface area contributed by atoms with Crippen LogP contribution in [0.3, 0.4) is 0 Å². The van der Waals surface area contributed by atoms with Crippen molar-refractivity contribution in [1.29, 1.82) is 0 Å². The van der Waals surface area contributed by atoms with Crippen molar-refractivity contribution < 1.29 is 17.0 Å². The number of aryl methyl sites for hydroxylation is 2. The van der Waals surface area contributed by atoms with E-state index in [0.29, 0.717) is 11.4 Å². The van der Waals surface area contributed by atoms with E-state index in [1.165, 1.54) is 10.7 Å². The Hall–Kier alpha value is -1.60. The third kappa shape index (κ3) is 3.10. The summed E-state index contributed by atoms with van der Waals surface area (Å²) >= 11 is 5.78. The summed E-state index contributed by atoms with van der Waals surface area (Å²) in [4.78, 5) is 0. The molecule has 0 amide bonds. The summed E-state index contributed by atoms with van der Waals surface area (Å²) in [6.45, 7) is 3.52. The maximum atomic E-state index is 14.0. The lowest BCUT2D eigenvalue weighted by Gasteiger charge is -2.10. The first-order valence-electron chi connectivity index (χ1n) is 5.59. The Morgan fingerprint density at radius 1 is 1.30 bits per heavy atom. The summed E-state index contributed by atoms with van der Waals surface area (Å²) < 4.78 is 42.4. The van der Waals surface area contributed by atoms with E-state index in [1.807, 2.05) is 0 Å². The minimum absolute atomic E-state index is 0.0682. The zero-order valence-electron chi connectivity index (χ0n) is 11.0. The molecule has 0 N–H and O–H groups in total. The van der Waals surface area contributed by atoms with Gasteiger partial charge in [-0.1, -0.05) is 11.6 Å². The van der Waals surface area contributed by atoms with Gasteiger partial charge in [0.15, 0.2) is 11.6 Å². The van der Waals surface area contributed by atoms with E-state index in [-0.39, 0.29) is 16.5 Å². The molecule has 0 radical (unpaired) electrons. The Bertz CT molecular complexity index is 771. The smallest absolute Gasteiger partial charge is 0.306 e. The molecule has 0 aliphatic heterocycles. The molecule has 8 heteroatoms. The van der Waals surface area contributed by atoms with Crippen LogP contribution in [0.5, 0.6) is 5.75 Å². The first-order valence-corrected chi connectivity index (χ1v) is 7.79. The fourth-order valence-electron chi connectivity index (χ4n) is 1.78. The van der Waals surface area contributed by atoms with E-state index in [4.69, 9.17) is 15.8 Å². The van der Waals surface area contributed by atoms with Crippen LogP contribution >= 0.6 is 11.6 Å². The van der Waals surface area contributed by atoms with Gasteiger partial charge in [0.1, 0.15) is 5.69 Å². The van der Waals surface area contributed by atoms with Gasteiger partial charge >= 0.3 is 10.1 Å². The number of benzene rings is 1. The fraction of sp³-hybridized carbons (Fsp3) is 0.250. The molecule has 0 atom stereocenters. The van der Waals surface area contributed by atoms with E-state index >= 15 is 0 Å². The van der Waals surface area contributed by atoms with Gasteiger partial charge in [0.25, 0.3) is 0 Å². The van der Waals surface area contributed by atoms with E-state index in [0.717, 1.165) is 12.3 Å². The molecule has 0 bridgehead atoms. The standard InChI is InChI=1S/C12H12ClFN2O3S/c1-7-4-8(2)16(15-7)11-6-12(19-20(3,17)18)9(13)5-10(11)14/h4-6H,1-3H3. The van der Waals surface area contributed by atoms with Crippen LogP contribution in [0.25, 0.3) is 5.69 Å². The fourth-order valence-corrected chi connectivity index (χ4v) is 2.48. The van der Waals surface area contributed by atoms with E-state index in [1.54, 1.807) is 19.9 Å². The maximum Gasteiger partial charge on any atom is 0.306 e. The molecule has 0 aliphatic carbocycles. The number of halogens is 2. The van der Waals surface area contributed by atoms with Crippen LogP contribution in [0.15, 0.2) is 18.2 Å². The van der Waals surface area contributed by atoms with E-state index in [9.17, 15) is 12.8 Å². The topological polar surface area (TPSA) is 61.2 Å².